The molecule has 23 heavy (non-hydrogen) atoms. The summed E-state index contributed by atoms with van der Waals surface area (Å²) in [5.74, 6) is 0.920. The van der Waals surface area contributed by atoms with Gasteiger partial charge in [-0.3, -0.25) is 9.79 Å². The van der Waals surface area contributed by atoms with Crippen LogP contribution in [0.1, 0.15) is 66.2 Å². The number of ether oxygens (including phenoxy) is 1. The number of carbonyl (C=O) groups is 1. The molecule has 5 nitrogen and oxygen atoms in total. The second kappa shape index (κ2) is 9.78. The van der Waals surface area contributed by atoms with Gasteiger partial charge in [0.05, 0.1) is 12.5 Å². The highest BCUT2D eigenvalue weighted by molar-refractivity contribution is 5.80. The van der Waals surface area contributed by atoms with Crippen molar-refractivity contribution in [3.8, 4) is 0 Å². The Morgan fingerprint density at radius 1 is 1.22 bits per heavy atom. The fraction of sp³-hybridized carbons (Fsp3) is 0.889. The van der Waals surface area contributed by atoms with E-state index in [1.807, 2.05) is 14.0 Å². The molecule has 2 N–H and O–H groups in total. The number of aliphatic imine (C=N–C) groups is 1. The third-order valence-corrected chi connectivity index (χ3v) is 4.31. The van der Waals surface area contributed by atoms with E-state index in [2.05, 4.69) is 36.4 Å². The first-order valence-corrected chi connectivity index (χ1v) is 8.99. The summed E-state index contributed by atoms with van der Waals surface area (Å²) in [7, 11) is 1.81. The molecule has 0 radical (unpaired) electrons. The summed E-state index contributed by atoms with van der Waals surface area (Å²) in [6.07, 6.45) is 6.12. The molecule has 0 heterocycles. The summed E-state index contributed by atoms with van der Waals surface area (Å²) in [5.41, 5.74) is 0.379. The van der Waals surface area contributed by atoms with Gasteiger partial charge in [-0.25, -0.2) is 0 Å². The molecule has 0 saturated heterocycles. The highest BCUT2D eigenvalue weighted by Crippen LogP contribution is 2.25. The van der Waals surface area contributed by atoms with Crippen molar-refractivity contribution in [2.45, 2.75) is 72.3 Å². The molecular weight excluding hydrogens is 290 g/mol. The Morgan fingerprint density at radius 3 is 2.39 bits per heavy atom. The van der Waals surface area contributed by atoms with E-state index in [-0.39, 0.29) is 11.9 Å². The largest absolute Gasteiger partial charge is 0.466 e. The Kier molecular flexibility index (Phi) is 8.42. The van der Waals surface area contributed by atoms with Crippen LogP contribution in [0, 0.1) is 11.3 Å². The Morgan fingerprint density at radius 2 is 1.87 bits per heavy atom. The number of hydrogen-bond donors (Lipinski definition) is 2. The maximum Gasteiger partial charge on any atom is 0.308 e. The Labute approximate surface area is 141 Å². The summed E-state index contributed by atoms with van der Waals surface area (Å²) in [5, 5.41) is 6.87. The van der Waals surface area contributed by atoms with E-state index in [1.165, 1.54) is 6.42 Å². The van der Waals surface area contributed by atoms with Crippen molar-refractivity contribution in [3.63, 3.8) is 0 Å². The maximum atomic E-state index is 11.8. The van der Waals surface area contributed by atoms with Crippen LogP contribution in [0.15, 0.2) is 4.99 Å². The molecule has 0 amide bonds. The molecule has 1 rings (SSSR count). The minimum Gasteiger partial charge on any atom is -0.466 e. The van der Waals surface area contributed by atoms with Crippen molar-refractivity contribution in [3.05, 3.63) is 0 Å². The van der Waals surface area contributed by atoms with Gasteiger partial charge in [-0.1, -0.05) is 20.8 Å². The van der Waals surface area contributed by atoms with Crippen molar-refractivity contribution < 1.29 is 9.53 Å². The van der Waals surface area contributed by atoms with Gasteiger partial charge >= 0.3 is 5.97 Å². The average Bonchev–Trinajstić information content (AvgIpc) is 2.50. The first-order valence-electron chi connectivity index (χ1n) is 8.99. The molecule has 0 aromatic carbocycles. The SMILES string of the molecule is CCOC(=O)C1CCC(NC(=NC)NCCCC(C)(C)C)CC1. The normalized spacial score (nSPS) is 22.6. The maximum absolute atomic E-state index is 11.8. The van der Waals surface area contributed by atoms with Crippen LogP contribution in [-0.4, -0.2) is 38.2 Å². The van der Waals surface area contributed by atoms with Crippen LogP contribution in [0.5, 0.6) is 0 Å². The lowest BCUT2D eigenvalue weighted by Crippen LogP contribution is -2.45. The minimum atomic E-state index is -0.0318. The number of hydrogen-bond acceptors (Lipinski definition) is 3. The Bertz CT molecular complexity index is 380. The first kappa shape index (κ1) is 19.8. The summed E-state index contributed by atoms with van der Waals surface area (Å²) in [6.45, 7) is 10.1. The molecule has 5 heteroatoms. The molecule has 0 spiro atoms. The van der Waals surface area contributed by atoms with Crippen LogP contribution in [0.4, 0.5) is 0 Å². The summed E-state index contributed by atoms with van der Waals surface area (Å²) >= 11 is 0. The third-order valence-electron chi connectivity index (χ3n) is 4.31. The highest BCUT2D eigenvalue weighted by Gasteiger charge is 2.27. The summed E-state index contributed by atoms with van der Waals surface area (Å²) in [6, 6.07) is 0.398. The number of carbonyl (C=O) groups excluding carboxylic acids is 1. The van der Waals surface area contributed by atoms with Gasteiger partial charge < -0.3 is 15.4 Å². The van der Waals surface area contributed by atoms with Crippen molar-refractivity contribution in [1.82, 2.24) is 10.6 Å². The zero-order valence-electron chi connectivity index (χ0n) is 15.6. The lowest BCUT2D eigenvalue weighted by atomic mass is 9.86. The Balaban J connectivity index is 2.26. The fourth-order valence-electron chi connectivity index (χ4n) is 2.95. The van der Waals surface area contributed by atoms with Crippen molar-refractivity contribution >= 4 is 11.9 Å². The molecule has 0 aliphatic heterocycles. The van der Waals surface area contributed by atoms with Crippen LogP contribution in [0.2, 0.25) is 0 Å². The minimum absolute atomic E-state index is 0.0318. The van der Waals surface area contributed by atoms with Crippen molar-refractivity contribution in [2.24, 2.45) is 16.3 Å². The average molecular weight is 325 g/mol. The van der Waals surface area contributed by atoms with Gasteiger partial charge in [0.25, 0.3) is 0 Å². The molecular formula is C18H35N3O2. The molecule has 134 valence electrons. The van der Waals surface area contributed by atoms with Gasteiger partial charge in [0, 0.05) is 19.6 Å². The predicted molar refractivity (Wildman–Crippen MR) is 95.6 cm³/mol. The fourth-order valence-corrected chi connectivity index (χ4v) is 2.95. The van der Waals surface area contributed by atoms with Crippen molar-refractivity contribution in [1.29, 1.82) is 0 Å². The van der Waals surface area contributed by atoms with Crippen LogP contribution < -0.4 is 10.6 Å². The number of nitrogens with one attached hydrogen (secondary N) is 2. The standard InChI is InChI=1S/C18H35N3O2/c1-6-23-16(22)14-8-10-15(11-9-14)21-17(19-5)20-13-7-12-18(2,3)4/h14-15H,6-13H2,1-5H3,(H2,19,20,21). The van der Waals surface area contributed by atoms with Gasteiger partial charge in [0.1, 0.15) is 0 Å². The molecule has 0 aromatic rings. The van der Waals surface area contributed by atoms with Gasteiger partial charge in [-0.05, 0) is 50.9 Å². The lowest BCUT2D eigenvalue weighted by molar-refractivity contribution is -0.149. The zero-order chi connectivity index (χ0) is 17.3. The number of nitrogens with zero attached hydrogens (tertiary/aromatic N) is 1. The van der Waals surface area contributed by atoms with E-state index in [4.69, 9.17) is 4.74 Å². The molecule has 0 bridgehead atoms. The predicted octanol–water partition coefficient (Wildman–Crippen LogP) is 3.10. The van der Waals surface area contributed by atoms with E-state index >= 15 is 0 Å². The van der Waals surface area contributed by atoms with Gasteiger partial charge in [0.15, 0.2) is 5.96 Å². The molecule has 1 aliphatic carbocycles. The van der Waals surface area contributed by atoms with Crippen LogP contribution in [-0.2, 0) is 9.53 Å². The second-order valence-corrected chi connectivity index (χ2v) is 7.61. The van der Waals surface area contributed by atoms with E-state index < -0.39 is 0 Å². The third kappa shape index (κ3) is 8.24. The number of guanidine groups is 1. The quantitative estimate of drug-likeness (QED) is 0.341. The molecule has 1 saturated carbocycles. The van der Waals surface area contributed by atoms with Gasteiger partial charge in [-0.15, -0.1) is 0 Å². The van der Waals surface area contributed by atoms with Gasteiger partial charge in [0.2, 0.25) is 0 Å². The number of esters is 1. The molecule has 0 aromatic heterocycles. The smallest absolute Gasteiger partial charge is 0.308 e. The van der Waals surface area contributed by atoms with E-state index in [0.29, 0.717) is 18.1 Å². The number of rotatable bonds is 6. The topological polar surface area (TPSA) is 62.7 Å². The molecule has 0 unspecified atom stereocenters. The van der Waals surface area contributed by atoms with E-state index in [0.717, 1.165) is 44.6 Å². The Hall–Kier alpha value is -1.26. The first-order chi connectivity index (χ1) is 10.9. The van der Waals surface area contributed by atoms with Crippen LogP contribution in [0.3, 0.4) is 0 Å². The van der Waals surface area contributed by atoms with E-state index in [9.17, 15) is 4.79 Å². The van der Waals surface area contributed by atoms with Crippen LogP contribution in [0.25, 0.3) is 0 Å². The lowest BCUT2D eigenvalue weighted by Gasteiger charge is -2.29. The molecule has 1 fully saturated rings. The highest BCUT2D eigenvalue weighted by atomic mass is 16.5. The monoisotopic (exact) mass is 325 g/mol. The molecule has 1 aliphatic rings. The summed E-state index contributed by atoms with van der Waals surface area (Å²) in [4.78, 5) is 16.1. The van der Waals surface area contributed by atoms with Gasteiger partial charge in [-0.2, -0.15) is 0 Å². The molecule has 0 atom stereocenters. The van der Waals surface area contributed by atoms with Crippen LogP contribution >= 0.6 is 0 Å². The summed E-state index contributed by atoms with van der Waals surface area (Å²) < 4.78 is 5.12. The second-order valence-electron chi connectivity index (χ2n) is 7.61. The zero-order valence-corrected chi connectivity index (χ0v) is 15.6. The van der Waals surface area contributed by atoms with Crippen molar-refractivity contribution in [2.75, 3.05) is 20.2 Å². The van der Waals surface area contributed by atoms with E-state index in [1.54, 1.807) is 0 Å².